The third-order valence-electron chi connectivity index (χ3n) is 3.07. The highest BCUT2D eigenvalue weighted by Crippen LogP contribution is 2.20. The van der Waals surface area contributed by atoms with Gasteiger partial charge in [0.15, 0.2) is 5.13 Å². The zero-order valence-corrected chi connectivity index (χ0v) is 13.2. The lowest BCUT2D eigenvalue weighted by Crippen LogP contribution is -2.12. The summed E-state index contributed by atoms with van der Waals surface area (Å²) in [4.78, 5) is 18.5. The quantitative estimate of drug-likeness (QED) is 0.858. The Labute approximate surface area is 128 Å². The second kappa shape index (κ2) is 6.69. The van der Waals surface area contributed by atoms with E-state index in [1.165, 1.54) is 4.88 Å². The van der Waals surface area contributed by atoms with Gasteiger partial charge >= 0.3 is 5.97 Å². The average Bonchev–Trinajstić information content (AvgIpc) is 2.87. The molecule has 0 aliphatic heterocycles. The Morgan fingerprint density at radius 2 is 2.14 bits per heavy atom. The van der Waals surface area contributed by atoms with Gasteiger partial charge in [-0.3, -0.25) is 0 Å². The van der Waals surface area contributed by atoms with Gasteiger partial charge in [0.1, 0.15) is 0 Å². The fourth-order valence-corrected chi connectivity index (χ4v) is 2.79. The van der Waals surface area contributed by atoms with E-state index in [1.54, 1.807) is 17.4 Å². The molecule has 0 aliphatic carbocycles. The van der Waals surface area contributed by atoms with Gasteiger partial charge < -0.3 is 15.3 Å². The third kappa shape index (κ3) is 4.03. The van der Waals surface area contributed by atoms with E-state index >= 15 is 0 Å². The summed E-state index contributed by atoms with van der Waals surface area (Å²) >= 11 is 1.66. The molecule has 0 fully saturated rings. The van der Waals surface area contributed by atoms with Crippen molar-refractivity contribution in [2.75, 3.05) is 19.0 Å². The first-order chi connectivity index (χ1) is 9.97. The molecule has 21 heavy (non-hydrogen) atoms. The molecule has 1 aromatic carbocycles. The summed E-state index contributed by atoms with van der Waals surface area (Å²) in [6, 6.07) is 5.42. The molecule has 0 aliphatic rings. The normalized spacial score (nSPS) is 10.6. The number of hydrogen-bond acceptors (Lipinski definition) is 5. The number of rotatable bonds is 6. The highest BCUT2D eigenvalue weighted by atomic mass is 32.1. The molecule has 0 spiro atoms. The van der Waals surface area contributed by atoms with Crippen molar-refractivity contribution in [3.63, 3.8) is 0 Å². The van der Waals surface area contributed by atoms with Crippen molar-refractivity contribution < 1.29 is 9.90 Å². The zero-order valence-electron chi connectivity index (χ0n) is 12.4. The van der Waals surface area contributed by atoms with E-state index in [0.717, 1.165) is 22.8 Å². The summed E-state index contributed by atoms with van der Waals surface area (Å²) in [6.07, 6.45) is 1.88. The lowest BCUT2D eigenvalue weighted by Gasteiger charge is -2.07. The SMILES string of the molecule is Cc1cc(CNCc2cnc(N(C)C)s2)ccc1C(=O)O. The Hall–Kier alpha value is -1.92. The largest absolute Gasteiger partial charge is 0.478 e. The van der Waals surface area contributed by atoms with Gasteiger partial charge in [-0.25, -0.2) is 9.78 Å². The number of carboxylic acid groups (broad SMARTS) is 1. The summed E-state index contributed by atoms with van der Waals surface area (Å²) in [7, 11) is 3.95. The van der Waals surface area contributed by atoms with Gasteiger partial charge in [0.2, 0.25) is 0 Å². The van der Waals surface area contributed by atoms with Crippen LogP contribution in [0, 0.1) is 6.92 Å². The number of aromatic nitrogens is 1. The van der Waals surface area contributed by atoms with E-state index in [0.29, 0.717) is 12.1 Å². The predicted molar refractivity (Wildman–Crippen MR) is 85.1 cm³/mol. The second-order valence-corrected chi connectivity index (χ2v) is 6.16. The first kappa shape index (κ1) is 15.5. The van der Waals surface area contributed by atoms with Crippen molar-refractivity contribution in [2.45, 2.75) is 20.0 Å². The van der Waals surface area contributed by atoms with Crippen LogP contribution in [0.15, 0.2) is 24.4 Å². The number of benzene rings is 1. The van der Waals surface area contributed by atoms with Gasteiger partial charge in [0.25, 0.3) is 0 Å². The van der Waals surface area contributed by atoms with Crippen LogP contribution >= 0.6 is 11.3 Å². The molecule has 5 nitrogen and oxygen atoms in total. The molecule has 2 N–H and O–H groups in total. The molecule has 0 bridgehead atoms. The van der Waals surface area contributed by atoms with Gasteiger partial charge in [-0.05, 0) is 24.1 Å². The number of carbonyl (C=O) groups is 1. The Balaban J connectivity index is 1.91. The molecule has 0 amide bonds. The zero-order chi connectivity index (χ0) is 15.4. The van der Waals surface area contributed by atoms with Crippen LogP contribution in [0.5, 0.6) is 0 Å². The topological polar surface area (TPSA) is 65.5 Å². The maximum absolute atomic E-state index is 11.0. The monoisotopic (exact) mass is 305 g/mol. The summed E-state index contributed by atoms with van der Waals surface area (Å²) < 4.78 is 0. The van der Waals surface area contributed by atoms with E-state index < -0.39 is 5.97 Å². The maximum Gasteiger partial charge on any atom is 0.335 e. The van der Waals surface area contributed by atoms with E-state index in [9.17, 15) is 4.79 Å². The molecule has 0 saturated carbocycles. The average molecular weight is 305 g/mol. The fraction of sp³-hybridized carbons (Fsp3) is 0.333. The van der Waals surface area contributed by atoms with Gasteiger partial charge in [-0.2, -0.15) is 0 Å². The Kier molecular flexibility index (Phi) is 4.93. The minimum atomic E-state index is -0.882. The van der Waals surface area contributed by atoms with E-state index in [-0.39, 0.29) is 0 Å². The summed E-state index contributed by atoms with van der Waals surface area (Å²) in [5.74, 6) is -0.882. The third-order valence-corrected chi connectivity index (χ3v) is 4.24. The molecule has 2 rings (SSSR count). The van der Waals surface area contributed by atoms with Crippen molar-refractivity contribution in [3.05, 3.63) is 46.0 Å². The first-order valence-electron chi connectivity index (χ1n) is 6.63. The highest BCUT2D eigenvalue weighted by molar-refractivity contribution is 7.15. The van der Waals surface area contributed by atoms with Crippen LogP contribution in [0.4, 0.5) is 5.13 Å². The van der Waals surface area contributed by atoms with Crippen molar-refractivity contribution >= 4 is 22.4 Å². The van der Waals surface area contributed by atoms with E-state index in [4.69, 9.17) is 5.11 Å². The Morgan fingerprint density at radius 1 is 1.38 bits per heavy atom. The van der Waals surface area contributed by atoms with Crippen molar-refractivity contribution in [3.8, 4) is 0 Å². The van der Waals surface area contributed by atoms with Gasteiger partial charge in [-0.15, -0.1) is 11.3 Å². The summed E-state index contributed by atoms with van der Waals surface area (Å²) in [5, 5.41) is 13.3. The number of anilines is 1. The van der Waals surface area contributed by atoms with Crippen molar-refractivity contribution in [2.24, 2.45) is 0 Å². The lowest BCUT2D eigenvalue weighted by atomic mass is 10.1. The maximum atomic E-state index is 11.0. The summed E-state index contributed by atoms with van der Waals surface area (Å²) in [5.41, 5.74) is 2.22. The number of nitrogens with zero attached hydrogens (tertiary/aromatic N) is 2. The summed E-state index contributed by atoms with van der Waals surface area (Å²) in [6.45, 7) is 3.28. The molecule has 6 heteroatoms. The van der Waals surface area contributed by atoms with Crippen molar-refractivity contribution in [1.82, 2.24) is 10.3 Å². The standard InChI is InChI=1S/C15H19N3O2S/c1-10-6-11(4-5-13(10)14(19)20)7-16-8-12-9-17-15(21-12)18(2)3/h4-6,9,16H,7-8H2,1-3H3,(H,19,20). The van der Waals surface area contributed by atoms with Gasteiger partial charge in [0, 0.05) is 38.3 Å². The van der Waals surface area contributed by atoms with Crippen LogP contribution in [-0.4, -0.2) is 30.2 Å². The first-order valence-corrected chi connectivity index (χ1v) is 7.44. The molecule has 1 aromatic heterocycles. The van der Waals surface area contributed by atoms with Gasteiger partial charge in [0.05, 0.1) is 5.56 Å². The van der Waals surface area contributed by atoms with Crippen LogP contribution < -0.4 is 10.2 Å². The minimum Gasteiger partial charge on any atom is -0.478 e. The number of nitrogens with one attached hydrogen (secondary N) is 1. The van der Waals surface area contributed by atoms with Crippen LogP contribution in [0.1, 0.15) is 26.4 Å². The number of hydrogen-bond donors (Lipinski definition) is 2. The molecule has 0 unspecified atom stereocenters. The van der Waals surface area contributed by atoms with Gasteiger partial charge in [-0.1, -0.05) is 12.1 Å². The smallest absolute Gasteiger partial charge is 0.335 e. The number of thiazole rings is 1. The predicted octanol–water partition coefficient (Wildman–Crippen LogP) is 2.51. The highest BCUT2D eigenvalue weighted by Gasteiger charge is 2.07. The lowest BCUT2D eigenvalue weighted by molar-refractivity contribution is 0.0696. The number of carboxylic acids is 1. The molecule has 0 atom stereocenters. The van der Waals surface area contributed by atoms with Crippen LogP contribution in [0.2, 0.25) is 0 Å². The van der Waals surface area contributed by atoms with Crippen LogP contribution in [-0.2, 0) is 13.1 Å². The van der Waals surface area contributed by atoms with Crippen LogP contribution in [0.25, 0.3) is 0 Å². The Morgan fingerprint density at radius 3 is 2.71 bits per heavy atom. The molecule has 112 valence electrons. The molecular formula is C15H19N3O2S. The van der Waals surface area contributed by atoms with Crippen LogP contribution in [0.3, 0.4) is 0 Å². The second-order valence-electron chi connectivity index (χ2n) is 5.06. The molecule has 0 radical (unpaired) electrons. The van der Waals surface area contributed by atoms with Crippen molar-refractivity contribution in [1.29, 1.82) is 0 Å². The minimum absolute atomic E-state index is 0.358. The fourth-order valence-electron chi connectivity index (χ4n) is 1.99. The molecular weight excluding hydrogens is 286 g/mol. The molecule has 0 saturated heterocycles. The Bertz CT molecular complexity index is 638. The van der Waals surface area contributed by atoms with E-state index in [1.807, 2.05) is 44.2 Å². The number of aromatic carboxylic acids is 1. The number of aryl methyl sites for hydroxylation is 1. The molecule has 1 heterocycles. The van der Waals surface area contributed by atoms with E-state index in [2.05, 4.69) is 10.3 Å². The molecule has 2 aromatic rings.